The second kappa shape index (κ2) is 7.26. The van der Waals surface area contributed by atoms with Gasteiger partial charge in [0.05, 0.1) is 10.6 Å². The van der Waals surface area contributed by atoms with Crippen molar-refractivity contribution in [2.24, 2.45) is 5.92 Å². The Bertz CT molecular complexity index is 615. The third-order valence-electron chi connectivity index (χ3n) is 3.14. The lowest BCUT2D eigenvalue weighted by molar-refractivity contribution is -0.120. The van der Waals surface area contributed by atoms with Crippen LogP contribution in [0.5, 0.6) is 0 Å². The summed E-state index contributed by atoms with van der Waals surface area (Å²) in [6.45, 7) is 5.91. The summed E-state index contributed by atoms with van der Waals surface area (Å²) in [5.41, 5.74) is 5.86. The van der Waals surface area contributed by atoms with E-state index in [1.54, 1.807) is 6.07 Å². The fraction of sp³-hybridized carbons (Fsp3) is 0.500. The van der Waals surface area contributed by atoms with Gasteiger partial charge in [0.1, 0.15) is 5.25 Å². The third kappa shape index (κ3) is 4.71. The molecule has 21 heavy (non-hydrogen) atoms. The molecule has 1 aromatic carbocycles. The summed E-state index contributed by atoms with van der Waals surface area (Å²) in [7, 11) is -3.81. The number of nitrogen functional groups attached to an aromatic ring is 1. The number of halogens is 1. The van der Waals surface area contributed by atoms with Crippen LogP contribution in [0.1, 0.15) is 27.2 Å². The number of nitrogens with two attached hydrogens (primary N) is 1. The Morgan fingerprint density at radius 1 is 1.33 bits per heavy atom. The SMILES string of the molecule is CC(C)CCNC(=O)C(C)S(=O)(=O)c1cc(Br)ccc1N. The minimum absolute atomic E-state index is 0.0246. The summed E-state index contributed by atoms with van der Waals surface area (Å²) < 4.78 is 25.6. The minimum Gasteiger partial charge on any atom is -0.398 e. The number of rotatable bonds is 6. The van der Waals surface area contributed by atoms with Crippen molar-refractivity contribution in [3.05, 3.63) is 22.7 Å². The van der Waals surface area contributed by atoms with Gasteiger partial charge in [0, 0.05) is 11.0 Å². The molecule has 0 aromatic heterocycles. The van der Waals surface area contributed by atoms with E-state index in [0.29, 0.717) is 16.9 Å². The summed E-state index contributed by atoms with van der Waals surface area (Å²) in [6.07, 6.45) is 0.803. The standard InChI is InChI=1S/C14H21BrN2O3S/c1-9(2)6-7-17-14(18)10(3)21(19,20)13-8-11(15)4-5-12(13)16/h4-5,8-10H,6-7,16H2,1-3H3,(H,17,18). The number of amides is 1. The molecular formula is C14H21BrN2O3S. The normalized spacial score (nSPS) is 13.2. The molecule has 0 saturated heterocycles. The van der Waals surface area contributed by atoms with E-state index in [0.717, 1.165) is 6.42 Å². The molecule has 0 aliphatic heterocycles. The molecule has 7 heteroatoms. The highest BCUT2D eigenvalue weighted by atomic mass is 79.9. The van der Waals surface area contributed by atoms with Crippen molar-refractivity contribution < 1.29 is 13.2 Å². The van der Waals surface area contributed by atoms with Crippen LogP contribution in [-0.2, 0) is 14.6 Å². The maximum absolute atomic E-state index is 12.5. The average Bonchev–Trinajstić information content (AvgIpc) is 2.39. The number of benzene rings is 1. The van der Waals surface area contributed by atoms with Gasteiger partial charge in [0.15, 0.2) is 9.84 Å². The Morgan fingerprint density at radius 2 is 1.95 bits per heavy atom. The summed E-state index contributed by atoms with van der Waals surface area (Å²) in [6, 6.07) is 4.57. The van der Waals surface area contributed by atoms with Gasteiger partial charge >= 0.3 is 0 Å². The van der Waals surface area contributed by atoms with Gasteiger partial charge in [-0.2, -0.15) is 0 Å². The fourth-order valence-electron chi connectivity index (χ4n) is 1.71. The van der Waals surface area contributed by atoms with Gasteiger partial charge in [-0.15, -0.1) is 0 Å². The molecule has 3 N–H and O–H groups in total. The van der Waals surface area contributed by atoms with Crippen LogP contribution in [0.4, 0.5) is 5.69 Å². The Morgan fingerprint density at radius 3 is 2.52 bits per heavy atom. The van der Waals surface area contributed by atoms with Crippen LogP contribution in [0.15, 0.2) is 27.6 Å². The van der Waals surface area contributed by atoms with E-state index in [-0.39, 0.29) is 10.6 Å². The van der Waals surface area contributed by atoms with Crippen LogP contribution >= 0.6 is 15.9 Å². The van der Waals surface area contributed by atoms with Gasteiger partial charge in [0.25, 0.3) is 0 Å². The first-order valence-corrected chi connectivity index (χ1v) is 9.06. The molecule has 0 aliphatic rings. The third-order valence-corrected chi connectivity index (χ3v) is 5.74. The summed E-state index contributed by atoms with van der Waals surface area (Å²) in [5.74, 6) is -0.0621. The number of nitrogens with one attached hydrogen (secondary N) is 1. The van der Waals surface area contributed by atoms with E-state index in [2.05, 4.69) is 21.2 Å². The van der Waals surface area contributed by atoms with E-state index in [1.165, 1.54) is 19.1 Å². The Hall–Kier alpha value is -1.08. The van der Waals surface area contributed by atoms with Crippen molar-refractivity contribution in [1.82, 2.24) is 5.32 Å². The summed E-state index contributed by atoms with van der Waals surface area (Å²) >= 11 is 3.21. The van der Waals surface area contributed by atoms with Crippen molar-refractivity contribution in [3.8, 4) is 0 Å². The number of hydrogen-bond donors (Lipinski definition) is 2. The summed E-state index contributed by atoms with van der Waals surface area (Å²) in [4.78, 5) is 12.0. The van der Waals surface area contributed by atoms with Gasteiger partial charge in [-0.1, -0.05) is 29.8 Å². The quantitative estimate of drug-likeness (QED) is 0.745. The Labute approximate surface area is 134 Å². The van der Waals surface area contributed by atoms with Gasteiger partial charge in [-0.3, -0.25) is 4.79 Å². The van der Waals surface area contributed by atoms with Gasteiger partial charge in [0.2, 0.25) is 5.91 Å². The minimum atomic E-state index is -3.81. The van der Waals surface area contributed by atoms with Crippen LogP contribution in [0.2, 0.25) is 0 Å². The first-order chi connectivity index (χ1) is 9.66. The van der Waals surface area contributed by atoms with Crippen LogP contribution in [-0.4, -0.2) is 26.1 Å². The first kappa shape index (κ1) is 18.0. The lowest BCUT2D eigenvalue weighted by atomic mass is 10.1. The molecule has 5 nitrogen and oxygen atoms in total. The molecule has 1 amide bonds. The second-order valence-corrected chi connectivity index (χ2v) is 8.50. The maximum atomic E-state index is 12.5. The van der Waals surface area contributed by atoms with Crippen molar-refractivity contribution >= 4 is 37.4 Å². The molecular weight excluding hydrogens is 356 g/mol. The average molecular weight is 377 g/mol. The monoisotopic (exact) mass is 376 g/mol. The molecule has 0 bridgehead atoms. The van der Waals surface area contributed by atoms with E-state index in [4.69, 9.17) is 5.73 Å². The zero-order valence-electron chi connectivity index (χ0n) is 12.4. The molecule has 1 aromatic rings. The van der Waals surface area contributed by atoms with Gasteiger partial charge < -0.3 is 11.1 Å². The van der Waals surface area contributed by atoms with E-state index in [1.807, 2.05) is 13.8 Å². The van der Waals surface area contributed by atoms with Crippen molar-refractivity contribution in [2.45, 2.75) is 37.3 Å². The fourth-order valence-corrected chi connectivity index (χ4v) is 3.66. The topological polar surface area (TPSA) is 89.3 Å². The molecule has 1 atom stereocenters. The molecule has 1 rings (SSSR count). The maximum Gasteiger partial charge on any atom is 0.238 e. The lowest BCUT2D eigenvalue weighted by Gasteiger charge is -2.15. The van der Waals surface area contributed by atoms with Crippen molar-refractivity contribution in [1.29, 1.82) is 0 Å². The number of carbonyl (C=O) groups excluding carboxylic acids is 1. The molecule has 0 heterocycles. The number of hydrogen-bond acceptors (Lipinski definition) is 4. The highest BCUT2D eigenvalue weighted by molar-refractivity contribution is 9.10. The zero-order valence-corrected chi connectivity index (χ0v) is 14.8. The molecule has 0 fully saturated rings. The zero-order chi connectivity index (χ0) is 16.2. The number of sulfone groups is 1. The van der Waals surface area contributed by atoms with E-state index < -0.39 is 21.0 Å². The van der Waals surface area contributed by atoms with E-state index >= 15 is 0 Å². The molecule has 0 aliphatic carbocycles. The highest BCUT2D eigenvalue weighted by Crippen LogP contribution is 2.26. The summed E-state index contributed by atoms with van der Waals surface area (Å²) in [5, 5.41) is 1.47. The number of anilines is 1. The van der Waals surface area contributed by atoms with Gasteiger partial charge in [-0.25, -0.2) is 8.42 Å². The smallest absolute Gasteiger partial charge is 0.238 e. The van der Waals surface area contributed by atoms with Crippen molar-refractivity contribution in [2.75, 3.05) is 12.3 Å². The highest BCUT2D eigenvalue weighted by Gasteiger charge is 2.31. The van der Waals surface area contributed by atoms with Gasteiger partial charge in [-0.05, 0) is 37.5 Å². The molecule has 0 spiro atoms. The molecule has 1 unspecified atom stereocenters. The second-order valence-electron chi connectivity index (χ2n) is 5.34. The lowest BCUT2D eigenvalue weighted by Crippen LogP contribution is -2.38. The van der Waals surface area contributed by atoms with Crippen molar-refractivity contribution in [3.63, 3.8) is 0 Å². The molecule has 118 valence electrons. The first-order valence-electron chi connectivity index (χ1n) is 6.73. The Balaban J connectivity index is 2.91. The molecule has 0 saturated carbocycles. The van der Waals surface area contributed by atoms with Crippen LogP contribution in [0.25, 0.3) is 0 Å². The Kier molecular flexibility index (Phi) is 6.22. The van der Waals surface area contributed by atoms with Crippen LogP contribution in [0, 0.1) is 5.92 Å². The van der Waals surface area contributed by atoms with Crippen LogP contribution < -0.4 is 11.1 Å². The predicted molar refractivity (Wildman–Crippen MR) is 87.7 cm³/mol. The van der Waals surface area contributed by atoms with Crippen LogP contribution in [0.3, 0.4) is 0 Å². The molecule has 0 radical (unpaired) electrons. The largest absolute Gasteiger partial charge is 0.398 e. The van der Waals surface area contributed by atoms with E-state index in [9.17, 15) is 13.2 Å². The number of carbonyl (C=O) groups is 1. The predicted octanol–water partition coefficient (Wildman–Crippen LogP) is 2.36.